The van der Waals surface area contributed by atoms with Crippen LogP contribution >= 0.6 is 0 Å². The van der Waals surface area contributed by atoms with Crippen LogP contribution in [0.1, 0.15) is 30.7 Å². The third-order valence-corrected chi connectivity index (χ3v) is 4.64. The van der Waals surface area contributed by atoms with Crippen molar-refractivity contribution in [3.8, 4) is 6.07 Å². The lowest BCUT2D eigenvalue weighted by Gasteiger charge is -2.41. The molecule has 1 aromatic heterocycles. The van der Waals surface area contributed by atoms with E-state index in [2.05, 4.69) is 36.8 Å². The zero-order chi connectivity index (χ0) is 15.0. The molecule has 1 saturated heterocycles. The van der Waals surface area contributed by atoms with Crippen molar-refractivity contribution in [2.45, 2.75) is 32.4 Å². The van der Waals surface area contributed by atoms with E-state index in [-0.39, 0.29) is 5.54 Å². The lowest BCUT2D eigenvalue weighted by molar-refractivity contribution is 0.121. The van der Waals surface area contributed by atoms with Gasteiger partial charge in [-0.3, -0.25) is 4.90 Å². The molecule has 5 heteroatoms. The summed E-state index contributed by atoms with van der Waals surface area (Å²) >= 11 is 0. The Labute approximate surface area is 126 Å². The molecule has 0 radical (unpaired) electrons. The van der Waals surface area contributed by atoms with Gasteiger partial charge in [-0.15, -0.1) is 0 Å². The largest absolute Gasteiger partial charge is 0.378 e. The standard InChI is InChI=1S/C16H22N4O/c1-16(2)9-14-13(11-19(16)3)8-12(10-17)15(18-14)20-4-6-21-7-5-20/h8H,4-7,9,11H2,1-3H3. The monoisotopic (exact) mass is 286 g/mol. The number of hydrogen-bond donors (Lipinski definition) is 0. The molecule has 0 atom stereocenters. The van der Waals surface area contributed by atoms with Crippen LogP contribution in [0, 0.1) is 11.3 Å². The number of likely N-dealkylation sites (N-methyl/N-ethyl adjacent to an activating group) is 1. The molecule has 0 aromatic carbocycles. The molecule has 2 aliphatic heterocycles. The van der Waals surface area contributed by atoms with E-state index in [0.29, 0.717) is 18.8 Å². The highest BCUT2D eigenvalue weighted by molar-refractivity contribution is 5.57. The number of pyridine rings is 1. The van der Waals surface area contributed by atoms with Crippen LogP contribution in [-0.4, -0.2) is 48.8 Å². The minimum Gasteiger partial charge on any atom is -0.378 e. The highest BCUT2D eigenvalue weighted by atomic mass is 16.5. The van der Waals surface area contributed by atoms with E-state index in [1.54, 1.807) is 0 Å². The molecule has 5 nitrogen and oxygen atoms in total. The maximum atomic E-state index is 9.46. The SMILES string of the molecule is CN1Cc2cc(C#N)c(N3CCOCC3)nc2CC1(C)C. The Hall–Kier alpha value is -1.64. The molecule has 3 rings (SSSR count). The van der Waals surface area contributed by atoms with Crippen LogP contribution in [0.3, 0.4) is 0 Å². The molecule has 0 bridgehead atoms. The first kappa shape index (κ1) is 14.3. The molecule has 2 aliphatic rings. The minimum atomic E-state index is 0.108. The lowest BCUT2D eigenvalue weighted by atomic mass is 9.88. The predicted molar refractivity (Wildman–Crippen MR) is 81.2 cm³/mol. The highest BCUT2D eigenvalue weighted by Gasteiger charge is 2.32. The van der Waals surface area contributed by atoms with Gasteiger partial charge < -0.3 is 9.64 Å². The number of hydrogen-bond acceptors (Lipinski definition) is 5. The average molecular weight is 286 g/mol. The molecule has 0 saturated carbocycles. The molecule has 0 unspecified atom stereocenters. The van der Waals surface area contributed by atoms with E-state index >= 15 is 0 Å². The van der Waals surface area contributed by atoms with Gasteiger partial charge in [0, 0.05) is 37.3 Å². The highest BCUT2D eigenvalue weighted by Crippen LogP contribution is 2.31. The summed E-state index contributed by atoms with van der Waals surface area (Å²) < 4.78 is 5.40. The van der Waals surface area contributed by atoms with Crippen molar-refractivity contribution in [1.82, 2.24) is 9.88 Å². The van der Waals surface area contributed by atoms with E-state index in [1.807, 2.05) is 6.07 Å². The van der Waals surface area contributed by atoms with Crippen LogP contribution in [0.25, 0.3) is 0 Å². The second-order valence-corrected chi connectivity index (χ2v) is 6.52. The maximum absolute atomic E-state index is 9.46. The van der Waals surface area contributed by atoms with E-state index in [0.717, 1.165) is 37.6 Å². The summed E-state index contributed by atoms with van der Waals surface area (Å²) in [5.74, 6) is 0.833. The number of nitriles is 1. The molecule has 112 valence electrons. The van der Waals surface area contributed by atoms with Gasteiger partial charge in [0.1, 0.15) is 11.9 Å². The van der Waals surface area contributed by atoms with Crippen LogP contribution in [0.15, 0.2) is 6.07 Å². The number of nitrogens with zero attached hydrogens (tertiary/aromatic N) is 4. The zero-order valence-corrected chi connectivity index (χ0v) is 13.0. The van der Waals surface area contributed by atoms with Crippen molar-refractivity contribution in [1.29, 1.82) is 5.26 Å². The van der Waals surface area contributed by atoms with Crippen molar-refractivity contribution in [2.75, 3.05) is 38.3 Å². The summed E-state index contributed by atoms with van der Waals surface area (Å²) in [6, 6.07) is 4.34. The molecular formula is C16H22N4O. The summed E-state index contributed by atoms with van der Waals surface area (Å²) in [6.45, 7) is 8.37. The molecule has 0 N–H and O–H groups in total. The average Bonchev–Trinajstić information content (AvgIpc) is 2.48. The molecule has 0 amide bonds. The van der Waals surface area contributed by atoms with E-state index in [4.69, 9.17) is 9.72 Å². The Morgan fingerprint density at radius 2 is 2.05 bits per heavy atom. The van der Waals surface area contributed by atoms with Crippen LogP contribution in [-0.2, 0) is 17.7 Å². The second kappa shape index (κ2) is 5.28. The quantitative estimate of drug-likeness (QED) is 0.784. The molecule has 21 heavy (non-hydrogen) atoms. The van der Waals surface area contributed by atoms with Gasteiger partial charge in [0.15, 0.2) is 0 Å². The fourth-order valence-electron chi connectivity index (χ4n) is 2.98. The first-order valence-corrected chi connectivity index (χ1v) is 7.48. The Balaban J connectivity index is 2.01. The van der Waals surface area contributed by atoms with Crippen LogP contribution in [0.4, 0.5) is 5.82 Å². The molecule has 1 aromatic rings. The van der Waals surface area contributed by atoms with Crippen LogP contribution in [0.5, 0.6) is 0 Å². The third kappa shape index (κ3) is 2.61. The Kier molecular flexibility index (Phi) is 3.60. The summed E-state index contributed by atoms with van der Waals surface area (Å²) in [7, 11) is 2.13. The number of aromatic nitrogens is 1. The topological polar surface area (TPSA) is 52.4 Å². The van der Waals surface area contributed by atoms with Gasteiger partial charge in [-0.1, -0.05) is 0 Å². The Morgan fingerprint density at radius 1 is 1.33 bits per heavy atom. The Bertz CT molecular complexity index is 585. The van der Waals surface area contributed by atoms with Crippen LogP contribution < -0.4 is 4.90 Å². The van der Waals surface area contributed by atoms with Gasteiger partial charge in [0.25, 0.3) is 0 Å². The van der Waals surface area contributed by atoms with Crippen molar-refractivity contribution >= 4 is 5.82 Å². The summed E-state index contributed by atoms with van der Waals surface area (Å²) in [5, 5.41) is 9.46. The smallest absolute Gasteiger partial charge is 0.146 e. The molecular weight excluding hydrogens is 264 g/mol. The van der Waals surface area contributed by atoms with E-state index < -0.39 is 0 Å². The Morgan fingerprint density at radius 3 is 2.71 bits per heavy atom. The van der Waals surface area contributed by atoms with Crippen molar-refractivity contribution < 1.29 is 4.74 Å². The van der Waals surface area contributed by atoms with E-state index in [9.17, 15) is 5.26 Å². The number of anilines is 1. The summed E-state index contributed by atoms with van der Waals surface area (Å²) in [6.07, 6.45) is 0.919. The fraction of sp³-hybridized carbons (Fsp3) is 0.625. The van der Waals surface area contributed by atoms with Gasteiger partial charge in [-0.05, 0) is 32.5 Å². The van der Waals surface area contributed by atoms with E-state index in [1.165, 1.54) is 5.56 Å². The minimum absolute atomic E-state index is 0.108. The zero-order valence-electron chi connectivity index (χ0n) is 13.0. The lowest BCUT2D eigenvalue weighted by Crippen LogP contribution is -2.46. The normalized spacial score (nSPS) is 21.7. The molecule has 3 heterocycles. The molecule has 0 aliphatic carbocycles. The van der Waals surface area contributed by atoms with Crippen molar-refractivity contribution in [3.63, 3.8) is 0 Å². The maximum Gasteiger partial charge on any atom is 0.146 e. The summed E-state index contributed by atoms with van der Waals surface area (Å²) in [4.78, 5) is 9.36. The van der Waals surface area contributed by atoms with Gasteiger partial charge in [-0.25, -0.2) is 4.98 Å². The second-order valence-electron chi connectivity index (χ2n) is 6.52. The first-order chi connectivity index (χ1) is 10.0. The van der Waals surface area contributed by atoms with Gasteiger partial charge in [0.05, 0.1) is 18.8 Å². The fourth-order valence-corrected chi connectivity index (χ4v) is 2.98. The molecule has 1 fully saturated rings. The van der Waals surface area contributed by atoms with Gasteiger partial charge in [-0.2, -0.15) is 5.26 Å². The number of fused-ring (bicyclic) bond motifs is 1. The number of ether oxygens (including phenoxy) is 1. The van der Waals surface area contributed by atoms with Crippen molar-refractivity contribution in [3.05, 3.63) is 22.9 Å². The first-order valence-electron chi connectivity index (χ1n) is 7.48. The number of morpholine rings is 1. The van der Waals surface area contributed by atoms with Crippen molar-refractivity contribution in [2.24, 2.45) is 0 Å². The van der Waals surface area contributed by atoms with Gasteiger partial charge >= 0.3 is 0 Å². The molecule has 0 spiro atoms. The number of rotatable bonds is 1. The van der Waals surface area contributed by atoms with Gasteiger partial charge in [0.2, 0.25) is 0 Å². The van der Waals surface area contributed by atoms with Crippen LogP contribution in [0.2, 0.25) is 0 Å². The third-order valence-electron chi connectivity index (χ3n) is 4.64. The predicted octanol–water partition coefficient (Wildman–Crippen LogP) is 1.56. The summed E-state index contributed by atoms with van der Waals surface area (Å²) in [5.41, 5.74) is 3.11.